The Morgan fingerprint density at radius 2 is 2.08 bits per heavy atom. The lowest BCUT2D eigenvalue weighted by Crippen LogP contribution is -2.02. The van der Waals surface area contributed by atoms with E-state index >= 15 is 0 Å². The molecule has 2 heteroatoms. The largest absolute Gasteiger partial charge is 0.330 e. The van der Waals surface area contributed by atoms with E-state index < -0.39 is 0 Å². The summed E-state index contributed by atoms with van der Waals surface area (Å²) in [5.41, 5.74) is 7.64. The molecule has 12 heavy (non-hydrogen) atoms. The van der Waals surface area contributed by atoms with Crippen LogP contribution in [0.3, 0.4) is 0 Å². The normalized spacial score (nSPS) is 8.50. The fourth-order valence-corrected chi connectivity index (χ4v) is 0.813. The number of aryl methyl sites for hydroxylation is 1. The van der Waals surface area contributed by atoms with Gasteiger partial charge >= 0.3 is 0 Å². The molecule has 2 N–H and O–H groups in total. The minimum Gasteiger partial charge on any atom is -0.330 e. The first kappa shape index (κ1) is 10.8. The van der Waals surface area contributed by atoms with E-state index in [1.807, 2.05) is 19.2 Å². The van der Waals surface area contributed by atoms with Crippen LogP contribution in [0, 0.1) is 6.92 Å². The lowest BCUT2D eigenvalue weighted by molar-refractivity contribution is 0.954. The first-order valence-electron chi connectivity index (χ1n) is 3.94. The predicted octanol–water partition coefficient (Wildman–Crippen LogP) is 1.69. The summed E-state index contributed by atoms with van der Waals surface area (Å²) in [5, 5.41) is 0. The Bertz CT molecular complexity index is 204. The molecule has 0 aliphatic rings. The molecule has 1 aromatic heterocycles. The zero-order valence-corrected chi connectivity index (χ0v) is 7.59. The molecule has 0 spiro atoms. The molecule has 2 nitrogen and oxygen atoms in total. The molecule has 0 saturated heterocycles. The minimum absolute atomic E-state index is 0.699. The van der Waals surface area contributed by atoms with E-state index in [-0.39, 0.29) is 0 Å². The van der Waals surface area contributed by atoms with Crippen LogP contribution >= 0.6 is 0 Å². The number of nitrogens with two attached hydrogens (primary N) is 1. The highest BCUT2D eigenvalue weighted by Crippen LogP contribution is 1.98. The quantitative estimate of drug-likeness (QED) is 0.676. The lowest BCUT2D eigenvalue weighted by atomic mass is 10.2. The van der Waals surface area contributed by atoms with Gasteiger partial charge in [-0.05, 0) is 31.5 Å². The van der Waals surface area contributed by atoms with Crippen LogP contribution in [0.25, 0.3) is 0 Å². The molecule has 1 heterocycles. The maximum absolute atomic E-state index is 5.37. The van der Waals surface area contributed by atoms with Gasteiger partial charge in [0.15, 0.2) is 0 Å². The van der Waals surface area contributed by atoms with Crippen molar-refractivity contribution < 1.29 is 0 Å². The molecular formula is C10H16N2. The summed E-state index contributed by atoms with van der Waals surface area (Å²) in [5.74, 6) is 0. The maximum atomic E-state index is 5.37. The van der Waals surface area contributed by atoms with Gasteiger partial charge in [0.1, 0.15) is 0 Å². The highest BCUT2D eigenvalue weighted by atomic mass is 14.7. The third kappa shape index (κ3) is 3.88. The van der Waals surface area contributed by atoms with Crippen LogP contribution in [0.5, 0.6) is 0 Å². The first-order valence-corrected chi connectivity index (χ1v) is 3.94. The second-order valence-corrected chi connectivity index (χ2v) is 2.35. The highest BCUT2D eigenvalue weighted by Gasteiger charge is 1.89. The number of rotatable bonds is 2. The molecule has 0 aliphatic carbocycles. The summed E-state index contributed by atoms with van der Waals surface area (Å²) in [4.78, 5) is 4.14. The Morgan fingerprint density at radius 3 is 2.50 bits per heavy atom. The SMILES string of the molecule is C=C.Cc1ccc(CCN)cn1. The van der Waals surface area contributed by atoms with E-state index in [1.54, 1.807) is 0 Å². The van der Waals surface area contributed by atoms with Gasteiger partial charge in [0.2, 0.25) is 0 Å². The molecule has 1 aromatic rings. The van der Waals surface area contributed by atoms with Crippen LogP contribution in [0.15, 0.2) is 31.5 Å². The zero-order chi connectivity index (χ0) is 9.40. The number of aromatic nitrogens is 1. The maximum Gasteiger partial charge on any atom is 0.0372 e. The van der Waals surface area contributed by atoms with Crippen molar-refractivity contribution in [2.24, 2.45) is 5.73 Å². The molecular weight excluding hydrogens is 148 g/mol. The van der Waals surface area contributed by atoms with E-state index in [0.717, 1.165) is 12.1 Å². The standard InChI is InChI=1S/C8H12N2.C2H4/c1-7-2-3-8(4-5-9)6-10-7;1-2/h2-3,6H,4-5,9H2,1H3;1-2H2. The predicted molar refractivity (Wildman–Crippen MR) is 53.0 cm³/mol. The van der Waals surface area contributed by atoms with Gasteiger partial charge in [-0.25, -0.2) is 0 Å². The molecule has 1 rings (SSSR count). The van der Waals surface area contributed by atoms with Crippen LogP contribution in [0.2, 0.25) is 0 Å². The van der Waals surface area contributed by atoms with Crippen molar-refractivity contribution in [3.05, 3.63) is 42.7 Å². The van der Waals surface area contributed by atoms with Crippen molar-refractivity contribution in [2.75, 3.05) is 6.54 Å². The topological polar surface area (TPSA) is 38.9 Å². The van der Waals surface area contributed by atoms with Crippen molar-refractivity contribution in [1.82, 2.24) is 4.98 Å². The summed E-state index contributed by atoms with van der Waals surface area (Å²) in [6.45, 7) is 8.68. The highest BCUT2D eigenvalue weighted by molar-refractivity contribution is 5.13. The Kier molecular flexibility index (Phi) is 5.93. The van der Waals surface area contributed by atoms with Gasteiger partial charge in [-0.1, -0.05) is 6.07 Å². The smallest absolute Gasteiger partial charge is 0.0372 e. The van der Waals surface area contributed by atoms with Crippen molar-refractivity contribution >= 4 is 0 Å². The van der Waals surface area contributed by atoms with Crippen molar-refractivity contribution in [1.29, 1.82) is 0 Å². The Balaban J connectivity index is 0.000000561. The molecule has 66 valence electrons. The van der Waals surface area contributed by atoms with Gasteiger partial charge < -0.3 is 5.73 Å². The molecule has 0 fully saturated rings. The lowest BCUT2D eigenvalue weighted by Gasteiger charge is -1.96. The fourth-order valence-electron chi connectivity index (χ4n) is 0.813. The molecule has 0 amide bonds. The molecule has 0 unspecified atom stereocenters. The molecule has 0 aliphatic heterocycles. The Morgan fingerprint density at radius 1 is 1.42 bits per heavy atom. The molecule has 0 saturated carbocycles. The average molecular weight is 164 g/mol. The van der Waals surface area contributed by atoms with Gasteiger partial charge in [-0.15, -0.1) is 13.2 Å². The van der Waals surface area contributed by atoms with E-state index in [1.165, 1.54) is 5.56 Å². The van der Waals surface area contributed by atoms with E-state index in [9.17, 15) is 0 Å². The van der Waals surface area contributed by atoms with Gasteiger partial charge in [0.25, 0.3) is 0 Å². The van der Waals surface area contributed by atoms with Gasteiger partial charge in [-0.2, -0.15) is 0 Å². The molecule has 0 aromatic carbocycles. The molecule has 0 radical (unpaired) electrons. The summed E-state index contributed by atoms with van der Waals surface area (Å²) in [6, 6.07) is 4.07. The van der Waals surface area contributed by atoms with Gasteiger partial charge in [-0.3, -0.25) is 4.98 Å². The number of pyridine rings is 1. The third-order valence-electron chi connectivity index (χ3n) is 1.41. The summed E-state index contributed by atoms with van der Waals surface area (Å²) >= 11 is 0. The van der Waals surface area contributed by atoms with Crippen LogP contribution in [-0.4, -0.2) is 11.5 Å². The van der Waals surface area contributed by atoms with Crippen LogP contribution in [-0.2, 0) is 6.42 Å². The van der Waals surface area contributed by atoms with Gasteiger partial charge in [0, 0.05) is 11.9 Å². The number of hydrogen-bond acceptors (Lipinski definition) is 2. The summed E-state index contributed by atoms with van der Waals surface area (Å²) < 4.78 is 0. The zero-order valence-electron chi connectivity index (χ0n) is 7.59. The molecule has 0 atom stereocenters. The Labute approximate surface area is 74.1 Å². The van der Waals surface area contributed by atoms with Crippen LogP contribution < -0.4 is 5.73 Å². The second kappa shape index (κ2) is 6.55. The van der Waals surface area contributed by atoms with E-state index in [4.69, 9.17) is 5.73 Å². The monoisotopic (exact) mass is 164 g/mol. The first-order chi connectivity index (χ1) is 5.83. The third-order valence-corrected chi connectivity index (χ3v) is 1.41. The van der Waals surface area contributed by atoms with Gasteiger partial charge in [0.05, 0.1) is 0 Å². The summed E-state index contributed by atoms with van der Waals surface area (Å²) in [7, 11) is 0. The van der Waals surface area contributed by atoms with E-state index in [0.29, 0.717) is 6.54 Å². The minimum atomic E-state index is 0.699. The Hall–Kier alpha value is -1.15. The van der Waals surface area contributed by atoms with Crippen molar-refractivity contribution in [3.63, 3.8) is 0 Å². The fraction of sp³-hybridized carbons (Fsp3) is 0.300. The number of hydrogen-bond donors (Lipinski definition) is 1. The van der Waals surface area contributed by atoms with Crippen molar-refractivity contribution in [2.45, 2.75) is 13.3 Å². The molecule has 0 bridgehead atoms. The number of nitrogens with zero attached hydrogens (tertiary/aromatic N) is 1. The van der Waals surface area contributed by atoms with Crippen LogP contribution in [0.4, 0.5) is 0 Å². The second-order valence-electron chi connectivity index (χ2n) is 2.35. The van der Waals surface area contributed by atoms with E-state index in [2.05, 4.69) is 24.2 Å². The van der Waals surface area contributed by atoms with Crippen LogP contribution in [0.1, 0.15) is 11.3 Å². The van der Waals surface area contributed by atoms with Crippen molar-refractivity contribution in [3.8, 4) is 0 Å². The summed E-state index contributed by atoms with van der Waals surface area (Å²) in [6.07, 6.45) is 2.80. The average Bonchev–Trinajstić information content (AvgIpc) is 2.13.